The standard InChI is InChI=1S/C17H26N6.HI/c1-13(14-9-7-6-8-10-14)21-16(18-2)19-11-15-12-20-17(22(3)4)23(15)5;/h6-10,12-13H,11H2,1-5H3,(H2,18,19,21);1H. The summed E-state index contributed by atoms with van der Waals surface area (Å²) in [5, 5.41) is 6.74. The Morgan fingerprint density at radius 2 is 1.96 bits per heavy atom. The van der Waals surface area contributed by atoms with Gasteiger partial charge in [0.25, 0.3) is 0 Å². The van der Waals surface area contributed by atoms with Gasteiger partial charge in [0.2, 0.25) is 5.95 Å². The van der Waals surface area contributed by atoms with Crippen LogP contribution in [-0.4, -0.2) is 36.7 Å². The summed E-state index contributed by atoms with van der Waals surface area (Å²) in [7, 11) is 7.77. The quantitative estimate of drug-likeness (QED) is 0.425. The van der Waals surface area contributed by atoms with Gasteiger partial charge in [-0.25, -0.2) is 4.98 Å². The van der Waals surface area contributed by atoms with Gasteiger partial charge in [-0.2, -0.15) is 0 Å². The van der Waals surface area contributed by atoms with Crippen LogP contribution in [0.25, 0.3) is 0 Å². The van der Waals surface area contributed by atoms with Gasteiger partial charge in [0.05, 0.1) is 24.5 Å². The minimum absolute atomic E-state index is 0. The Morgan fingerprint density at radius 3 is 2.50 bits per heavy atom. The maximum atomic E-state index is 4.42. The molecule has 1 aromatic heterocycles. The second kappa shape index (κ2) is 9.51. The van der Waals surface area contributed by atoms with Crippen LogP contribution >= 0.6 is 24.0 Å². The van der Waals surface area contributed by atoms with Gasteiger partial charge < -0.3 is 20.1 Å². The van der Waals surface area contributed by atoms with Gasteiger partial charge in [-0.05, 0) is 12.5 Å². The van der Waals surface area contributed by atoms with Gasteiger partial charge in [0.15, 0.2) is 5.96 Å². The maximum absolute atomic E-state index is 4.42. The van der Waals surface area contributed by atoms with Gasteiger partial charge in [0, 0.05) is 28.2 Å². The van der Waals surface area contributed by atoms with Crippen molar-refractivity contribution in [2.75, 3.05) is 26.0 Å². The number of guanidine groups is 1. The number of nitrogens with zero attached hydrogens (tertiary/aromatic N) is 4. The number of benzene rings is 1. The number of imidazole rings is 1. The molecule has 2 aromatic rings. The topological polar surface area (TPSA) is 57.5 Å². The fourth-order valence-electron chi connectivity index (χ4n) is 2.41. The zero-order chi connectivity index (χ0) is 16.8. The highest BCUT2D eigenvalue weighted by Gasteiger charge is 2.10. The van der Waals surface area contributed by atoms with Crippen molar-refractivity contribution in [3.05, 3.63) is 47.8 Å². The number of nitrogens with one attached hydrogen (secondary N) is 2. The molecule has 1 heterocycles. The first-order valence-electron chi connectivity index (χ1n) is 7.73. The molecule has 0 fully saturated rings. The molecule has 1 unspecified atom stereocenters. The van der Waals surface area contributed by atoms with Crippen molar-refractivity contribution in [3.63, 3.8) is 0 Å². The molecule has 132 valence electrons. The van der Waals surface area contributed by atoms with Gasteiger partial charge in [-0.3, -0.25) is 4.99 Å². The summed E-state index contributed by atoms with van der Waals surface area (Å²) in [6, 6.07) is 10.5. The van der Waals surface area contributed by atoms with Gasteiger partial charge >= 0.3 is 0 Å². The van der Waals surface area contributed by atoms with Crippen molar-refractivity contribution >= 4 is 35.9 Å². The lowest BCUT2D eigenvalue weighted by molar-refractivity contribution is 0.676. The first-order chi connectivity index (χ1) is 11.0. The van der Waals surface area contributed by atoms with Crippen molar-refractivity contribution in [2.24, 2.45) is 12.0 Å². The number of halogens is 1. The smallest absolute Gasteiger partial charge is 0.204 e. The Balaban J connectivity index is 0.00000288. The first kappa shape index (κ1) is 20.3. The first-order valence-corrected chi connectivity index (χ1v) is 7.73. The molecule has 7 heteroatoms. The molecule has 1 atom stereocenters. The number of hydrogen-bond donors (Lipinski definition) is 2. The van der Waals surface area contributed by atoms with E-state index >= 15 is 0 Å². The average Bonchev–Trinajstić information content (AvgIpc) is 2.93. The molecule has 0 saturated carbocycles. The zero-order valence-corrected chi connectivity index (χ0v) is 17.3. The van der Waals surface area contributed by atoms with Crippen LogP contribution in [0.1, 0.15) is 24.2 Å². The summed E-state index contributed by atoms with van der Waals surface area (Å²) in [6.07, 6.45) is 1.89. The average molecular weight is 442 g/mol. The summed E-state index contributed by atoms with van der Waals surface area (Å²) in [4.78, 5) is 10.7. The summed E-state index contributed by atoms with van der Waals surface area (Å²) in [6.45, 7) is 2.79. The van der Waals surface area contributed by atoms with Crippen molar-refractivity contribution in [3.8, 4) is 0 Å². The van der Waals surface area contributed by atoms with E-state index in [0.29, 0.717) is 6.54 Å². The second-order valence-corrected chi connectivity index (χ2v) is 5.71. The van der Waals surface area contributed by atoms with Crippen LogP contribution in [0, 0.1) is 0 Å². The Labute approximate surface area is 161 Å². The SMILES string of the molecule is CN=C(NCc1cnc(N(C)C)n1C)NC(C)c1ccccc1.I. The monoisotopic (exact) mass is 442 g/mol. The molecule has 2 N–H and O–H groups in total. The third-order valence-electron chi connectivity index (χ3n) is 3.77. The third-order valence-corrected chi connectivity index (χ3v) is 3.77. The predicted octanol–water partition coefficient (Wildman–Crippen LogP) is 2.53. The van der Waals surface area contributed by atoms with E-state index in [1.54, 1.807) is 7.05 Å². The molecular formula is C17H27IN6. The summed E-state index contributed by atoms with van der Waals surface area (Å²) in [5.74, 6) is 1.70. The molecule has 0 bridgehead atoms. The summed E-state index contributed by atoms with van der Waals surface area (Å²) >= 11 is 0. The Hall–Kier alpha value is -1.77. The van der Waals surface area contributed by atoms with Gasteiger partial charge in [-0.15, -0.1) is 24.0 Å². The fourth-order valence-corrected chi connectivity index (χ4v) is 2.41. The van der Waals surface area contributed by atoms with E-state index in [4.69, 9.17) is 0 Å². The van der Waals surface area contributed by atoms with Gasteiger partial charge in [0.1, 0.15) is 0 Å². The minimum atomic E-state index is 0. The highest BCUT2D eigenvalue weighted by Crippen LogP contribution is 2.12. The number of aromatic nitrogens is 2. The van der Waals surface area contributed by atoms with Crippen LogP contribution in [0.4, 0.5) is 5.95 Å². The zero-order valence-electron chi connectivity index (χ0n) is 14.9. The number of anilines is 1. The van der Waals surface area contributed by atoms with Crippen LogP contribution in [0.3, 0.4) is 0 Å². The Bertz CT molecular complexity index is 650. The van der Waals surface area contributed by atoms with Crippen molar-refractivity contribution in [1.29, 1.82) is 0 Å². The van der Waals surface area contributed by atoms with E-state index in [9.17, 15) is 0 Å². The molecule has 2 rings (SSSR count). The maximum Gasteiger partial charge on any atom is 0.204 e. The molecule has 0 aliphatic heterocycles. The van der Waals surface area contributed by atoms with Crippen molar-refractivity contribution < 1.29 is 0 Å². The van der Waals surface area contributed by atoms with Gasteiger partial charge in [-0.1, -0.05) is 30.3 Å². The van der Waals surface area contributed by atoms with Crippen LogP contribution in [-0.2, 0) is 13.6 Å². The normalized spacial score (nSPS) is 12.3. The highest BCUT2D eigenvalue weighted by molar-refractivity contribution is 14.0. The van der Waals surface area contributed by atoms with E-state index in [1.807, 2.05) is 50.4 Å². The predicted molar refractivity (Wildman–Crippen MR) is 111 cm³/mol. The fraction of sp³-hybridized carbons (Fsp3) is 0.412. The van der Waals surface area contributed by atoms with Crippen LogP contribution in [0.15, 0.2) is 41.5 Å². The number of aliphatic imine (C=N–C) groups is 1. The lowest BCUT2D eigenvalue weighted by Crippen LogP contribution is -2.38. The lowest BCUT2D eigenvalue weighted by Gasteiger charge is -2.18. The number of hydrogen-bond acceptors (Lipinski definition) is 3. The molecule has 0 radical (unpaired) electrons. The molecular weight excluding hydrogens is 415 g/mol. The van der Waals surface area contributed by atoms with E-state index in [1.165, 1.54) is 5.56 Å². The number of rotatable bonds is 5. The van der Waals surface area contributed by atoms with E-state index < -0.39 is 0 Å². The van der Waals surface area contributed by atoms with Crippen LogP contribution in [0.2, 0.25) is 0 Å². The molecule has 24 heavy (non-hydrogen) atoms. The summed E-state index contributed by atoms with van der Waals surface area (Å²) in [5.41, 5.74) is 2.33. The molecule has 0 aliphatic carbocycles. The molecule has 1 aromatic carbocycles. The largest absolute Gasteiger partial charge is 0.351 e. The van der Waals surface area contributed by atoms with E-state index in [-0.39, 0.29) is 30.0 Å². The molecule has 0 spiro atoms. The van der Waals surface area contributed by atoms with E-state index in [2.05, 4.69) is 44.2 Å². The van der Waals surface area contributed by atoms with Crippen molar-refractivity contribution in [2.45, 2.75) is 19.5 Å². The third kappa shape index (κ3) is 5.12. The second-order valence-electron chi connectivity index (χ2n) is 5.71. The molecule has 6 nitrogen and oxygen atoms in total. The molecule has 0 aliphatic rings. The van der Waals surface area contributed by atoms with E-state index in [0.717, 1.165) is 17.6 Å². The van der Waals surface area contributed by atoms with Crippen LogP contribution < -0.4 is 15.5 Å². The highest BCUT2D eigenvalue weighted by atomic mass is 127. The van der Waals surface area contributed by atoms with Crippen molar-refractivity contribution in [1.82, 2.24) is 20.2 Å². The Kier molecular flexibility index (Phi) is 8.03. The minimum Gasteiger partial charge on any atom is -0.351 e. The Morgan fingerprint density at radius 1 is 1.29 bits per heavy atom. The molecule has 0 amide bonds. The summed E-state index contributed by atoms with van der Waals surface area (Å²) < 4.78 is 2.07. The molecule has 0 saturated heterocycles. The van der Waals surface area contributed by atoms with Crippen LogP contribution in [0.5, 0.6) is 0 Å². The lowest BCUT2D eigenvalue weighted by atomic mass is 10.1.